The van der Waals surface area contributed by atoms with Gasteiger partial charge in [0.2, 0.25) is 0 Å². The van der Waals surface area contributed by atoms with Crippen LogP contribution in [0.1, 0.15) is 16.2 Å². The van der Waals surface area contributed by atoms with Crippen LogP contribution in [0.15, 0.2) is 28.8 Å². The summed E-state index contributed by atoms with van der Waals surface area (Å²) in [5.74, 6) is 0.910. The van der Waals surface area contributed by atoms with Crippen LogP contribution in [0.3, 0.4) is 0 Å². The molecule has 0 fully saturated rings. The summed E-state index contributed by atoms with van der Waals surface area (Å²) in [6.45, 7) is 0. The second-order valence-electron chi connectivity index (χ2n) is 2.85. The molecule has 0 saturated carbocycles. The molecular formula is C10H7ClN2O2. The Balaban J connectivity index is 2.48. The predicted octanol–water partition coefficient (Wildman–Crippen LogP) is 2.29. The smallest absolute Gasteiger partial charge is 0.258 e. The molecule has 76 valence electrons. The van der Waals surface area contributed by atoms with Crippen LogP contribution in [-0.4, -0.2) is 16.4 Å². The second-order valence-corrected chi connectivity index (χ2v) is 3.12. The molecule has 0 aliphatic carbocycles. The molecule has 0 radical (unpaired) electrons. The zero-order chi connectivity index (χ0) is 10.7. The molecule has 0 atom stereocenters. The first kappa shape index (κ1) is 9.86. The average Bonchev–Trinajstić information content (AvgIpc) is 2.77. The summed E-state index contributed by atoms with van der Waals surface area (Å²) in [6, 6.07) is 7.00. The zero-order valence-electron chi connectivity index (χ0n) is 7.68. The number of rotatable bonds is 3. The van der Waals surface area contributed by atoms with Gasteiger partial charge in [-0.05, 0) is 6.07 Å². The molecule has 15 heavy (non-hydrogen) atoms. The lowest BCUT2D eigenvalue weighted by molar-refractivity contribution is 0.112. The van der Waals surface area contributed by atoms with E-state index >= 15 is 0 Å². The predicted molar refractivity (Wildman–Crippen MR) is 54.7 cm³/mol. The Morgan fingerprint density at radius 2 is 2.20 bits per heavy atom. The minimum atomic E-state index is 0.187. The van der Waals surface area contributed by atoms with Crippen LogP contribution >= 0.6 is 11.6 Å². The van der Waals surface area contributed by atoms with E-state index in [4.69, 9.17) is 16.1 Å². The van der Waals surface area contributed by atoms with Crippen LogP contribution in [0.4, 0.5) is 0 Å². The third kappa shape index (κ3) is 1.89. The number of aldehydes is 1. The van der Waals surface area contributed by atoms with Gasteiger partial charge in [-0.15, -0.1) is 11.6 Å². The molecule has 0 bridgehead atoms. The van der Waals surface area contributed by atoms with Gasteiger partial charge in [-0.25, -0.2) is 0 Å². The van der Waals surface area contributed by atoms with E-state index in [2.05, 4.69) is 10.1 Å². The molecule has 5 heteroatoms. The Kier molecular flexibility index (Phi) is 2.78. The van der Waals surface area contributed by atoms with E-state index in [9.17, 15) is 4.79 Å². The molecule has 1 aromatic carbocycles. The van der Waals surface area contributed by atoms with Gasteiger partial charge in [0.25, 0.3) is 5.89 Å². The molecule has 0 spiro atoms. The van der Waals surface area contributed by atoms with Crippen LogP contribution in [0, 0.1) is 0 Å². The number of hydrogen-bond acceptors (Lipinski definition) is 4. The normalized spacial score (nSPS) is 10.2. The lowest BCUT2D eigenvalue weighted by atomic mass is 10.1. The summed E-state index contributed by atoms with van der Waals surface area (Å²) >= 11 is 5.55. The third-order valence-corrected chi connectivity index (χ3v) is 2.14. The minimum Gasteiger partial charge on any atom is -0.334 e. The van der Waals surface area contributed by atoms with Crippen molar-refractivity contribution in [1.82, 2.24) is 10.1 Å². The number of nitrogens with zero attached hydrogens (tertiary/aromatic N) is 2. The maximum Gasteiger partial charge on any atom is 0.258 e. The topological polar surface area (TPSA) is 56.0 Å². The van der Waals surface area contributed by atoms with Crippen molar-refractivity contribution in [3.63, 3.8) is 0 Å². The summed E-state index contributed by atoms with van der Waals surface area (Å²) in [7, 11) is 0. The Bertz CT molecular complexity index is 482. The van der Waals surface area contributed by atoms with Crippen LogP contribution < -0.4 is 0 Å². The van der Waals surface area contributed by atoms with E-state index < -0.39 is 0 Å². The van der Waals surface area contributed by atoms with Gasteiger partial charge in [-0.1, -0.05) is 23.4 Å². The van der Waals surface area contributed by atoms with Crippen molar-refractivity contribution in [1.29, 1.82) is 0 Å². The molecule has 1 heterocycles. The molecule has 1 aromatic heterocycles. The summed E-state index contributed by atoms with van der Waals surface area (Å²) in [5.41, 5.74) is 1.14. The number of aromatic nitrogens is 2. The fourth-order valence-electron chi connectivity index (χ4n) is 1.21. The molecule has 0 aliphatic rings. The van der Waals surface area contributed by atoms with Gasteiger partial charge in [0, 0.05) is 5.56 Å². The van der Waals surface area contributed by atoms with Gasteiger partial charge in [-0.2, -0.15) is 4.98 Å². The number of alkyl halides is 1. The maximum atomic E-state index is 10.8. The van der Waals surface area contributed by atoms with Crippen molar-refractivity contribution >= 4 is 17.9 Å². The standard InChI is InChI=1S/C10H7ClN2O2/c11-5-9-12-10(15-13-9)8-4-2-1-3-7(8)6-14/h1-4,6H,5H2. The first-order valence-corrected chi connectivity index (χ1v) is 4.81. The highest BCUT2D eigenvalue weighted by atomic mass is 35.5. The quantitative estimate of drug-likeness (QED) is 0.591. The number of halogens is 1. The van der Waals surface area contributed by atoms with Gasteiger partial charge >= 0.3 is 0 Å². The minimum absolute atomic E-state index is 0.187. The fourth-order valence-corrected chi connectivity index (χ4v) is 1.32. The van der Waals surface area contributed by atoms with Crippen molar-refractivity contribution in [2.75, 3.05) is 0 Å². The molecule has 4 nitrogen and oxygen atoms in total. The second kappa shape index (κ2) is 4.23. The number of hydrogen-bond donors (Lipinski definition) is 0. The van der Waals surface area contributed by atoms with E-state index in [1.54, 1.807) is 24.3 Å². The first-order valence-electron chi connectivity index (χ1n) is 4.28. The van der Waals surface area contributed by atoms with Crippen LogP contribution in [0.2, 0.25) is 0 Å². The van der Waals surface area contributed by atoms with E-state index in [1.165, 1.54) is 0 Å². The lowest BCUT2D eigenvalue weighted by Crippen LogP contribution is -1.87. The van der Waals surface area contributed by atoms with E-state index in [0.717, 1.165) is 6.29 Å². The van der Waals surface area contributed by atoms with E-state index in [0.29, 0.717) is 22.8 Å². The molecule has 0 unspecified atom stereocenters. The Morgan fingerprint density at radius 3 is 2.87 bits per heavy atom. The third-order valence-electron chi connectivity index (χ3n) is 1.91. The SMILES string of the molecule is O=Cc1ccccc1-c1nc(CCl)no1. The zero-order valence-corrected chi connectivity index (χ0v) is 8.44. The largest absolute Gasteiger partial charge is 0.334 e. The van der Waals surface area contributed by atoms with Crippen molar-refractivity contribution in [3.8, 4) is 11.5 Å². The van der Waals surface area contributed by atoms with Gasteiger partial charge in [-0.3, -0.25) is 4.79 Å². The molecular weight excluding hydrogens is 216 g/mol. The number of carbonyl (C=O) groups is 1. The van der Waals surface area contributed by atoms with Crippen molar-refractivity contribution in [2.24, 2.45) is 0 Å². The fraction of sp³-hybridized carbons (Fsp3) is 0.100. The van der Waals surface area contributed by atoms with Crippen molar-refractivity contribution in [3.05, 3.63) is 35.7 Å². The Morgan fingerprint density at radius 1 is 1.40 bits per heavy atom. The van der Waals surface area contributed by atoms with Crippen LogP contribution in [0.25, 0.3) is 11.5 Å². The highest BCUT2D eigenvalue weighted by Gasteiger charge is 2.11. The van der Waals surface area contributed by atoms with Gasteiger partial charge in [0.05, 0.1) is 11.4 Å². The van der Waals surface area contributed by atoms with Crippen LogP contribution in [-0.2, 0) is 5.88 Å². The molecule has 0 amide bonds. The van der Waals surface area contributed by atoms with E-state index in [1.807, 2.05) is 0 Å². The molecule has 2 rings (SSSR count). The molecule has 2 aromatic rings. The highest BCUT2D eigenvalue weighted by molar-refractivity contribution is 6.16. The summed E-state index contributed by atoms with van der Waals surface area (Å²) in [5, 5.41) is 3.65. The first-order chi connectivity index (χ1) is 7.35. The number of benzene rings is 1. The average molecular weight is 223 g/mol. The van der Waals surface area contributed by atoms with Gasteiger partial charge in [0.1, 0.15) is 0 Å². The molecule has 0 N–H and O–H groups in total. The number of carbonyl (C=O) groups excluding carboxylic acids is 1. The summed E-state index contributed by atoms with van der Waals surface area (Å²) in [4.78, 5) is 14.8. The summed E-state index contributed by atoms with van der Waals surface area (Å²) in [6.07, 6.45) is 0.750. The Labute approximate surface area is 90.9 Å². The Hall–Kier alpha value is -1.68. The molecule has 0 aliphatic heterocycles. The van der Waals surface area contributed by atoms with Gasteiger partial charge < -0.3 is 4.52 Å². The monoisotopic (exact) mass is 222 g/mol. The van der Waals surface area contributed by atoms with Crippen LogP contribution in [0.5, 0.6) is 0 Å². The maximum absolute atomic E-state index is 10.8. The van der Waals surface area contributed by atoms with Crippen molar-refractivity contribution in [2.45, 2.75) is 5.88 Å². The van der Waals surface area contributed by atoms with E-state index in [-0.39, 0.29) is 5.88 Å². The molecule has 0 saturated heterocycles. The lowest BCUT2D eigenvalue weighted by Gasteiger charge is -1.96. The van der Waals surface area contributed by atoms with Gasteiger partial charge in [0.15, 0.2) is 12.1 Å². The summed E-state index contributed by atoms with van der Waals surface area (Å²) < 4.78 is 4.98. The van der Waals surface area contributed by atoms with Crippen molar-refractivity contribution < 1.29 is 9.32 Å². The highest BCUT2D eigenvalue weighted by Crippen LogP contribution is 2.20.